The number of rotatable bonds is 9. The zero-order chi connectivity index (χ0) is 21.3. The summed E-state index contributed by atoms with van der Waals surface area (Å²) in [7, 11) is 0. The van der Waals surface area contributed by atoms with Gasteiger partial charge in [-0.05, 0) is 87.8 Å². The van der Waals surface area contributed by atoms with Gasteiger partial charge < -0.3 is 10.6 Å². The molecule has 2 amide bonds. The standard InChI is InChI=1S/C25H37N3O2/c1-16-4-5-17(2)23(12-16)27-25(30)15-28(21-8-9-21)11-10-24(29)26-18(3)22-14-19-6-7-20(22)13-19/h4-5,12,18-22H,6-11,13-15H2,1-3H3,(H,26,29)(H,27,30). The number of amides is 2. The molecule has 4 unspecified atom stereocenters. The topological polar surface area (TPSA) is 61.4 Å². The van der Waals surface area contributed by atoms with Crippen LogP contribution >= 0.6 is 0 Å². The van der Waals surface area contributed by atoms with E-state index in [0.717, 1.165) is 41.5 Å². The van der Waals surface area contributed by atoms with Crippen molar-refractivity contribution in [1.29, 1.82) is 0 Å². The van der Waals surface area contributed by atoms with Crippen molar-refractivity contribution in [3.63, 3.8) is 0 Å². The summed E-state index contributed by atoms with van der Waals surface area (Å²) in [4.78, 5) is 27.4. The van der Waals surface area contributed by atoms with Crippen LogP contribution in [-0.2, 0) is 9.59 Å². The highest BCUT2D eigenvalue weighted by atomic mass is 16.2. The lowest BCUT2D eigenvalue weighted by Gasteiger charge is -2.29. The molecule has 1 aromatic carbocycles. The molecule has 4 rings (SSSR count). The monoisotopic (exact) mass is 411 g/mol. The van der Waals surface area contributed by atoms with Gasteiger partial charge in [0.25, 0.3) is 0 Å². The first kappa shape index (κ1) is 21.4. The van der Waals surface area contributed by atoms with Gasteiger partial charge in [0.2, 0.25) is 11.8 Å². The Labute approximate surface area is 181 Å². The van der Waals surface area contributed by atoms with Crippen LogP contribution in [0.2, 0.25) is 0 Å². The van der Waals surface area contributed by atoms with E-state index in [1.54, 1.807) is 0 Å². The Morgan fingerprint density at radius 3 is 2.57 bits per heavy atom. The Morgan fingerprint density at radius 1 is 1.10 bits per heavy atom. The summed E-state index contributed by atoms with van der Waals surface area (Å²) < 4.78 is 0. The highest BCUT2D eigenvalue weighted by Crippen LogP contribution is 2.49. The van der Waals surface area contributed by atoms with Crippen molar-refractivity contribution in [1.82, 2.24) is 10.2 Å². The molecular formula is C25H37N3O2. The predicted octanol–water partition coefficient (Wildman–Crippen LogP) is 4.04. The van der Waals surface area contributed by atoms with E-state index in [4.69, 9.17) is 0 Å². The quantitative estimate of drug-likeness (QED) is 0.645. The van der Waals surface area contributed by atoms with Crippen LogP contribution in [0.5, 0.6) is 0 Å². The first-order valence-corrected chi connectivity index (χ1v) is 11.8. The van der Waals surface area contributed by atoms with E-state index in [1.807, 2.05) is 26.0 Å². The minimum atomic E-state index is 0.00589. The molecule has 2 bridgehead atoms. The number of nitrogens with one attached hydrogen (secondary N) is 2. The molecule has 0 aliphatic heterocycles. The lowest BCUT2D eigenvalue weighted by Crippen LogP contribution is -2.42. The molecule has 3 aliphatic rings. The highest BCUT2D eigenvalue weighted by Gasteiger charge is 2.42. The van der Waals surface area contributed by atoms with E-state index in [1.165, 1.54) is 25.7 Å². The minimum absolute atomic E-state index is 0.00589. The van der Waals surface area contributed by atoms with E-state index in [-0.39, 0.29) is 17.9 Å². The molecule has 4 atom stereocenters. The van der Waals surface area contributed by atoms with Gasteiger partial charge in [0.15, 0.2) is 0 Å². The third kappa shape index (κ3) is 5.23. The fourth-order valence-corrected chi connectivity index (χ4v) is 5.66. The third-order valence-electron chi connectivity index (χ3n) is 7.53. The molecule has 0 saturated heterocycles. The molecule has 0 heterocycles. The van der Waals surface area contributed by atoms with Gasteiger partial charge >= 0.3 is 0 Å². The molecule has 3 saturated carbocycles. The lowest BCUT2D eigenvalue weighted by atomic mass is 9.84. The fourth-order valence-electron chi connectivity index (χ4n) is 5.66. The molecule has 2 N–H and O–H groups in total. The van der Waals surface area contributed by atoms with Gasteiger partial charge in [0, 0.05) is 30.7 Å². The molecule has 5 nitrogen and oxygen atoms in total. The van der Waals surface area contributed by atoms with Crippen molar-refractivity contribution in [3.05, 3.63) is 29.3 Å². The van der Waals surface area contributed by atoms with Crippen LogP contribution in [0.3, 0.4) is 0 Å². The van der Waals surface area contributed by atoms with Gasteiger partial charge in [-0.15, -0.1) is 0 Å². The Morgan fingerprint density at radius 2 is 1.90 bits per heavy atom. The number of aryl methyl sites for hydroxylation is 2. The Hall–Kier alpha value is -1.88. The van der Waals surface area contributed by atoms with Gasteiger partial charge in [-0.2, -0.15) is 0 Å². The summed E-state index contributed by atoms with van der Waals surface area (Å²) in [5.74, 6) is 2.52. The molecule has 0 aromatic heterocycles. The summed E-state index contributed by atoms with van der Waals surface area (Å²) in [5, 5.41) is 6.32. The average molecular weight is 412 g/mol. The van der Waals surface area contributed by atoms with Crippen LogP contribution in [0.15, 0.2) is 18.2 Å². The van der Waals surface area contributed by atoms with E-state index in [9.17, 15) is 9.59 Å². The van der Waals surface area contributed by atoms with Crippen LogP contribution < -0.4 is 10.6 Å². The minimum Gasteiger partial charge on any atom is -0.353 e. The van der Waals surface area contributed by atoms with Crippen LogP contribution in [-0.4, -0.2) is 41.9 Å². The van der Waals surface area contributed by atoms with Crippen molar-refractivity contribution in [2.75, 3.05) is 18.4 Å². The van der Waals surface area contributed by atoms with Crippen molar-refractivity contribution in [2.24, 2.45) is 17.8 Å². The first-order valence-electron chi connectivity index (χ1n) is 11.8. The summed E-state index contributed by atoms with van der Waals surface area (Å²) in [6.45, 7) is 7.23. The van der Waals surface area contributed by atoms with Gasteiger partial charge in [0.1, 0.15) is 0 Å². The Kier molecular flexibility index (Phi) is 6.47. The summed E-state index contributed by atoms with van der Waals surface area (Å²) >= 11 is 0. The smallest absolute Gasteiger partial charge is 0.238 e. The number of hydrogen-bond donors (Lipinski definition) is 2. The maximum Gasteiger partial charge on any atom is 0.238 e. The highest BCUT2D eigenvalue weighted by molar-refractivity contribution is 5.93. The number of hydrogen-bond acceptors (Lipinski definition) is 3. The third-order valence-corrected chi connectivity index (χ3v) is 7.53. The molecule has 0 radical (unpaired) electrons. The second kappa shape index (κ2) is 9.09. The summed E-state index contributed by atoms with van der Waals surface area (Å²) in [6, 6.07) is 6.82. The largest absolute Gasteiger partial charge is 0.353 e. The fraction of sp³-hybridized carbons (Fsp3) is 0.680. The number of anilines is 1. The molecule has 0 spiro atoms. The number of benzene rings is 1. The first-order chi connectivity index (χ1) is 14.4. The molecule has 164 valence electrons. The van der Waals surface area contributed by atoms with Gasteiger partial charge in [0.05, 0.1) is 6.54 Å². The molecule has 3 fully saturated rings. The van der Waals surface area contributed by atoms with Gasteiger partial charge in [-0.25, -0.2) is 0 Å². The van der Waals surface area contributed by atoms with E-state index in [2.05, 4.69) is 28.5 Å². The normalized spacial score (nSPS) is 26.1. The van der Waals surface area contributed by atoms with Crippen molar-refractivity contribution >= 4 is 17.5 Å². The second-order valence-electron chi connectivity index (χ2n) is 10.0. The maximum absolute atomic E-state index is 12.6. The molecule has 3 aliphatic carbocycles. The zero-order valence-electron chi connectivity index (χ0n) is 18.7. The zero-order valence-corrected chi connectivity index (χ0v) is 18.7. The molecule has 30 heavy (non-hydrogen) atoms. The Bertz CT molecular complexity index is 789. The van der Waals surface area contributed by atoms with E-state index in [0.29, 0.717) is 31.5 Å². The van der Waals surface area contributed by atoms with Crippen LogP contribution in [0.1, 0.15) is 63.0 Å². The van der Waals surface area contributed by atoms with Crippen LogP contribution in [0.25, 0.3) is 0 Å². The molecule has 1 aromatic rings. The van der Waals surface area contributed by atoms with Gasteiger partial charge in [-0.3, -0.25) is 14.5 Å². The Balaban J connectivity index is 1.24. The number of nitrogens with zero attached hydrogens (tertiary/aromatic N) is 1. The predicted molar refractivity (Wildman–Crippen MR) is 120 cm³/mol. The van der Waals surface area contributed by atoms with Crippen LogP contribution in [0.4, 0.5) is 5.69 Å². The van der Waals surface area contributed by atoms with Crippen molar-refractivity contribution in [2.45, 2.75) is 77.8 Å². The average Bonchev–Trinajstić information content (AvgIpc) is 3.33. The molecular weight excluding hydrogens is 374 g/mol. The molecule has 5 heteroatoms. The number of fused-ring (bicyclic) bond motifs is 2. The van der Waals surface area contributed by atoms with Crippen molar-refractivity contribution in [3.8, 4) is 0 Å². The summed E-state index contributed by atoms with van der Waals surface area (Å²) in [6.07, 6.45) is 8.12. The number of carbonyl (C=O) groups excluding carboxylic acids is 2. The van der Waals surface area contributed by atoms with E-state index >= 15 is 0 Å². The van der Waals surface area contributed by atoms with Gasteiger partial charge in [-0.1, -0.05) is 18.6 Å². The maximum atomic E-state index is 12.6. The number of carbonyl (C=O) groups is 2. The SMILES string of the molecule is Cc1ccc(C)c(NC(=O)CN(CCC(=O)NC(C)C2CC3CCC2C3)C2CC2)c1. The second-order valence-corrected chi connectivity index (χ2v) is 10.0. The van der Waals surface area contributed by atoms with Crippen molar-refractivity contribution < 1.29 is 9.59 Å². The van der Waals surface area contributed by atoms with E-state index < -0.39 is 0 Å². The van der Waals surface area contributed by atoms with Crippen LogP contribution in [0, 0.1) is 31.6 Å². The summed E-state index contributed by atoms with van der Waals surface area (Å²) in [5.41, 5.74) is 3.09. The lowest BCUT2D eigenvalue weighted by molar-refractivity contribution is -0.123.